The molecule has 0 spiro atoms. The largest absolute Gasteiger partial charge is 0.493 e. The number of hydrogen-bond donors (Lipinski definition) is 0. The zero-order valence-electron chi connectivity index (χ0n) is 19.9. The highest BCUT2D eigenvalue weighted by Gasteiger charge is 2.27. The molecule has 176 valence electrons. The Morgan fingerprint density at radius 3 is 2.38 bits per heavy atom. The zero-order valence-corrected chi connectivity index (χ0v) is 19.9. The highest BCUT2D eigenvalue weighted by molar-refractivity contribution is 5.91. The van der Waals surface area contributed by atoms with Gasteiger partial charge in [0.2, 0.25) is 5.88 Å². The van der Waals surface area contributed by atoms with Crippen LogP contribution in [-0.2, 0) is 13.6 Å². The van der Waals surface area contributed by atoms with Gasteiger partial charge in [-0.25, -0.2) is 4.68 Å². The lowest BCUT2D eigenvalue weighted by Gasteiger charge is -2.24. The molecule has 1 amide bonds. The molecule has 0 radical (unpaired) electrons. The quantitative estimate of drug-likeness (QED) is 0.317. The molecule has 0 saturated carbocycles. The number of hydrogen-bond acceptors (Lipinski definition) is 5. The Kier molecular flexibility index (Phi) is 7.01. The molecule has 2 aromatic heterocycles. The van der Waals surface area contributed by atoms with E-state index in [1.807, 2.05) is 61.6 Å². The summed E-state index contributed by atoms with van der Waals surface area (Å²) < 4.78 is 18.9. The van der Waals surface area contributed by atoms with E-state index in [1.165, 1.54) is 6.26 Å². The van der Waals surface area contributed by atoms with E-state index in [0.717, 1.165) is 16.8 Å². The number of rotatable bonds is 9. The lowest BCUT2D eigenvalue weighted by atomic mass is 10.1. The number of methoxy groups -OCH3 is 1. The number of aryl methyl sites for hydroxylation is 1. The highest BCUT2D eigenvalue weighted by atomic mass is 16.5. The fourth-order valence-electron chi connectivity index (χ4n) is 3.86. The van der Waals surface area contributed by atoms with Crippen LogP contribution in [0, 0.1) is 5.92 Å². The molecule has 7 heteroatoms. The molecule has 0 saturated heterocycles. The van der Waals surface area contributed by atoms with Crippen LogP contribution in [0.25, 0.3) is 11.3 Å². The van der Waals surface area contributed by atoms with E-state index in [2.05, 4.69) is 13.8 Å². The van der Waals surface area contributed by atoms with Crippen LogP contribution in [0.3, 0.4) is 0 Å². The Morgan fingerprint density at radius 2 is 1.74 bits per heavy atom. The number of ether oxygens (including phenoxy) is 2. The first kappa shape index (κ1) is 23.2. The van der Waals surface area contributed by atoms with Gasteiger partial charge in [0.25, 0.3) is 5.91 Å². The molecule has 0 aliphatic carbocycles. The van der Waals surface area contributed by atoms with Crippen molar-refractivity contribution in [2.45, 2.75) is 20.4 Å². The van der Waals surface area contributed by atoms with Crippen LogP contribution in [0.5, 0.6) is 17.4 Å². The summed E-state index contributed by atoms with van der Waals surface area (Å²) in [6, 6.07) is 20.8. The summed E-state index contributed by atoms with van der Waals surface area (Å²) in [5.74, 6) is 2.12. The molecule has 2 heterocycles. The van der Waals surface area contributed by atoms with Crippen molar-refractivity contribution in [3.05, 3.63) is 84.3 Å². The number of carbonyl (C=O) groups excluding carboxylic acids is 1. The van der Waals surface area contributed by atoms with Gasteiger partial charge in [-0.1, -0.05) is 56.3 Å². The predicted octanol–water partition coefficient (Wildman–Crippen LogP) is 5.78. The topological polar surface area (TPSA) is 69.7 Å². The Bertz CT molecular complexity index is 1230. The van der Waals surface area contributed by atoms with Gasteiger partial charge in [-0.3, -0.25) is 4.79 Å². The fourth-order valence-corrected chi connectivity index (χ4v) is 3.86. The highest BCUT2D eigenvalue weighted by Crippen LogP contribution is 2.37. The van der Waals surface area contributed by atoms with Crippen LogP contribution in [0.4, 0.5) is 0 Å². The molecular formula is C27H29N3O4. The molecule has 34 heavy (non-hydrogen) atoms. The number of carbonyl (C=O) groups is 1. The van der Waals surface area contributed by atoms with Gasteiger partial charge in [0.15, 0.2) is 17.3 Å². The summed E-state index contributed by atoms with van der Waals surface area (Å²) in [7, 11) is 3.44. The van der Waals surface area contributed by atoms with Crippen molar-refractivity contribution in [3.8, 4) is 28.6 Å². The van der Waals surface area contributed by atoms with Crippen molar-refractivity contribution >= 4 is 5.91 Å². The van der Waals surface area contributed by atoms with Gasteiger partial charge >= 0.3 is 0 Å². The van der Waals surface area contributed by atoms with Crippen molar-refractivity contribution in [2.75, 3.05) is 13.7 Å². The third kappa shape index (κ3) is 4.98. The van der Waals surface area contributed by atoms with Crippen molar-refractivity contribution in [2.24, 2.45) is 13.0 Å². The van der Waals surface area contributed by atoms with E-state index >= 15 is 0 Å². The smallest absolute Gasteiger partial charge is 0.289 e. The maximum atomic E-state index is 13.3. The number of benzene rings is 2. The van der Waals surface area contributed by atoms with E-state index < -0.39 is 0 Å². The average Bonchev–Trinajstić information content (AvgIpc) is 3.48. The van der Waals surface area contributed by atoms with Crippen LogP contribution in [0.15, 0.2) is 77.4 Å². The summed E-state index contributed by atoms with van der Waals surface area (Å²) in [6.07, 6.45) is 1.51. The average molecular weight is 460 g/mol. The molecule has 0 unspecified atom stereocenters. The normalized spacial score (nSPS) is 11.0. The number of para-hydroxylation sites is 2. The predicted molar refractivity (Wildman–Crippen MR) is 130 cm³/mol. The van der Waals surface area contributed by atoms with Crippen LogP contribution in [0.1, 0.15) is 30.0 Å². The second-order valence-corrected chi connectivity index (χ2v) is 8.43. The molecular weight excluding hydrogens is 430 g/mol. The SMILES string of the molecule is COc1ccccc1Oc1c(CN(CC(C)C)C(=O)c2ccco2)c(-c2ccccc2)nn1C. The van der Waals surface area contributed by atoms with E-state index in [9.17, 15) is 4.79 Å². The molecule has 4 rings (SSSR count). The number of amides is 1. The minimum Gasteiger partial charge on any atom is -0.493 e. The lowest BCUT2D eigenvalue weighted by molar-refractivity contribution is 0.0689. The Morgan fingerprint density at radius 1 is 1.03 bits per heavy atom. The van der Waals surface area contributed by atoms with Gasteiger partial charge in [-0.15, -0.1) is 0 Å². The van der Waals surface area contributed by atoms with Gasteiger partial charge < -0.3 is 18.8 Å². The summed E-state index contributed by atoms with van der Waals surface area (Å²) in [6.45, 7) is 5.02. The zero-order chi connectivity index (χ0) is 24.1. The van der Waals surface area contributed by atoms with Crippen LogP contribution in [-0.4, -0.2) is 34.2 Å². The van der Waals surface area contributed by atoms with Gasteiger partial charge in [0.1, 0.15) is 5.69 Å². The molecule has 0 fully saturated rings. The molecule has 4 aromatic rings. The Hall–Kier alpha value is -4.00. The summed E-state index contributed by atoms with van der Waals surface area (Å²) in [4.78, 5) is 15.1. The van der Waals surface area contributed by atoms with Gasteiger partial charge in [0, 0.05) is 19.2 Å². The number of aromatic nitrogens is 2. The molecule has 0 aliphatic rings. The summed E-state index contributed by atoms with van der Waals surface area (Å²) >= 11 is 0. The number of nitrogens with zero attached hydrogens (tertiary/aromatic N) is 3. The lowest BCUT2D eigenvalue weighted by Crippen LogP contribution is -2.33. The molecule has 7 nitrogen and oxygen atoms in total. The third-order valence-corrected chi connectivity index (χ3v) is 5.36. The Labute approximate surface area is 199 Å². The van der Waals surface area contributed by atoms with Gasteiger partial charge in [-0.05, 0) is 30.2 Å². The maximum Gasteiger partial charge on any atom is 0.289 e. The Balaban J connectivity index is 1.80. The standard InChI is InChI=1S/C27H29N3O4/c1-19(2)17-30(26(31)24-15-10-16-33-24)18-21-25(20-11-6-5-7-12-20)28-29(3)27(21)34-23-14-9-8-13-22(23)32-4/h5-16,19H,17-18H2,1-4H3. The molecule has 0 bridgehead atoms. The third-order valence-electron chi connectivity index (χ3n) is 5.36. The minimum atomic E-state index is -0.176. The second-order valence-electron chi connectivity index (χ2n) is 8.43. The van der Waals surface area contributed by atoms with Crippen molar-refractivity contribution in [3.63, 3.8) is 0 Å². The van der Waals surface area contributed by atoms with Crippen LogP contribution < -0.4 is 9.47 Å². The molecule has 0 atom stereocenters. The minimum absolute atomic E-state index is 0.176. The first-order valence-electron chi connectivity index (χ1n) is 11.2. The molecule has 0 N–H and O–H groups in total. The van der Waals surface area contributed by atoms with E-state index in [4.69, 9.17) is 19.0 Å². The molecule has 2 aromatic carbocycles. The molecule has 0 aliphatic heterocycles. The fraction of sp³-hybridized carbons (Fsp3) is 0.259. The monoisotopic (exact) mass is 459 g/mol. The van der Waals surface area contributed by atoms with Crippen LogP contribution >= 0.6 is 0 Å². The van der Waals surface area contributed by atoms with Crippen molar-refractivity contribution < 1.29 is 18.7 Å². The van der Waals surface area contributed by atoms with Crippen LogP contribution in [0.2, 0.25) is 0 Å². The van der Waals surface area contributed by atoms with Crippen molar-refractivity contribution in [1.29, 1.82) is 0 Å². The van der Waals surface area contributed by atoms with E-state index in [1.54, 1.807) is 28.8 Å². The maximum absolute atomic E-state index is 13.3. The summed E-state index contributed by atoms with van der Waals surface area (Å²) in [5.41, 5.74) is 2.51. The first-order chi connectivity index (χ1) is 16.5. The van der Waals surface area contributed by atoms with Gasteiger partial charge in [0.05, 0.1) is 25.5 Å². The van der Waals surface area contributed by atoms with Crippen molar-refractivity contribution in [1.82, 2.24) is 14.7 Å². The van der Waals surface area contributed by atoms with E-state index in [0.29, 0.717) is 36.2 Å². The summed E-state index contributed by atoms with van der Waals surface area (Å²) in [5, 5.41) is 4.78. The second kappa shape index (κ2) is 10.3. The van der Waals surface area contributed by atoms with E-state index in [-0.39, 0.29) is 11.8 Å². The van der Waals surface area contributed by atoms with Gasteiger partial charge in [-0.2, -0.15) is 5.10 Å². The number of furan rings is 1. The first-order valence-corrected chi connectivity index (χ1v) is 11.2.